The molecule has 2 aromatic carbocycles. The molecule has 2 heterocycles. The van der Waals surface area contributed by atoms with Gasteiger partial charge < -0.3 is 9.64 Å². The van der Waals surface area contributed by atoms with Crippen LogP contribution in [-0.4, -0.2) is 34.8 Å². The molecule has 0 N–H and O–H groups in total. The summed E-state index contributed by atoms with van der Waals surface area (Å²) in [5.74, 6) is 1.16. The topological polar surface area (TPSA) is 29.5 Å². The fourth-order valence-electron chi connectivity index (χ4n) is 3.72. The van der Waals surface area contributed by atoms with Crippen LogP contribution in [0.25, 0.3) is 17.2 Å². The van der Waals surface area contributed by atoms with Crippen LogP contribution in [0, 0.1) is 0 Å². The van der Waals surface area contributed by atoms with E-state index in [0.717, 1.165) is 42.6 Å². The normalized spacial score (nSPS) is 17.7. The molecular weight excluding hydrogens is 390 g/mol. The minimum atomic E-state index is -0.271. The summed E-state index contributed by atoms with van der Waals surface area (Å²) in [5.41, 5.74) is 3.26. The van der Waals surface area contributed by atoms with Crippen LogP contribution in [0.2, 0.25) is 0 Å². The maximum absolute atomic E-state index is 12.1. The van der Waals surface area contributed by atoms with Crippen molar-refractivity contribution in [3.63, 3.8) is 0 Å². The van der Waals surface area contributed by atoms with Crippen LogP contribution in [0.5, 0.6) is 5.75 Å². The zero-order valence-corrected chi connectivity index (χ0v) is 16.2. The fraction of sp³-hybridized carbons (Fsp3) is 0.318. The largest absolute Gasteiger partial charge is 0.482 e. The summed E-state index contributed by atoms with van der Waals surface area (Å²) in [6.07, 6.45) is 6.63. The molecule has 0 aliphatic carbocycles. The third-order valence-electron chi connectivity index (χ3n) is 5.27. The van der Waals surface area contributed by atoms with Gasteiger partial charge in [-0.15, -0.1) is 0 Å². The van der Waals surface area contributed by atoms with Gasteiger partial charge in [-0.25, -0.2) is 0 Å². The fourth-order valence-corrected chi connectivity index (χ4v) is 4.06. The SMILES string of the molecule is O=C(CCBr)N1CCC2(C=Cc3cc(-c4ccccc4)ccc3O2)CC1. The Kier molecular flexibility index (Phi) is 4.86. The monoisotopic (exact) mass is 411 g/mol. The van der Waals surface area contributed by atoms with Gasteiger partial charge in [0.05, 0.1) is 0 Å². The third kappa shape index (κ3) is 3.43. The van der Waals surface area contributed by atoms with Crippen LogP contribution in [-0.2, 0) is 4.79 Å². The molecule has 26 heavy (non-hydrogen) atoms. The van der Waals surface area contributed by atoms with Crippen LogP contribution in [0.4, 0.5) is 0 Å². The second-order valence-corrected chi connectivity index (χ2v) is 7.73. The van der Waals surface area contributed by atoms with Crippen LogP contribution in [0.3, 0.4) is 0 Å². The van der Waals surface area contributed by atoms with Crippen LogP contribution in [0.15, 0.2) is 54.6 Å². The molecule has 2 aliphatic rings. The molecule has 0 unspecified atom stereocenters. The van der Waals surface area contributed by atoms with Gasteiger partial charge in [-0.05, 0) is 29.3 Å². The third-order valence-corrected chi connectivity index (χ3v) is 5.66. The number of carbonyl (C=O) groups excluding carboxylic acids is 1. The van der Waals surface area contributed by atoms with E-state index in [4.69, 9.17) is 4.74 Å². The summed E-state index contributed by atoms with van der Waals surface area (Å²) in [4.78, 5) is 14.0. The van der Waals surface area contributed by atoms with Crippen LogP contribution >= 0.6 is 15.9 Å². The molecule has 0 aromatic heterocycles. The smallest absolute Gasteiger partial charge is 0.223 e. The molecule has 2 aromatic rings. The molecule has 0 atom stereocenters. The van der Waals surface area contributed by atoms with Gasteiger partial charge in [0.2, 0.25) is 5.91 Å². The van der Waals surface area contributed by atoms with Crippen molar-refractivity contribution >= 4 is 27.9 Å². The molecule has 0 saturated carbocycles. The van der Waals surface area contributed by atoms with Crippen molar-refractivity contribution in [2.45, 2.75) is 24.9 Å². The first-order valence-electron chi connectivity index (χ1n) is 9.11. The van der Waals surface area contributed by atoms with E-state index in [-0.39, 0.29) is 11.5 Å². The van der Waals surface area contributed by atoms with Gasteiger partial charge in [-0.2, -0.15) is 0 Å². The Hall–Kier alpha value is -2.07. The van der Waals surface area contributed by atoms with Crippen molar-refractivity contribution < 1.29 is 9.53 Å². The van der Waals surface area contributed by atoms with E-state index in [0.29, 0.717) is 6.42 Å². The maximum Gasteiger partial charge on any atom is 0.223 e. The van der Waals surface area contributed by atoms with Crippen molar-refractivity contribution in [1.82, 2.24) is 4.90 Å². The summed E-state index contributed by atoms with van der Waals surface area (Å²) >= 11 is 3.34. The number of halogens is 1. The standard InChI is InChI=1S/C22H22BrNO2/c23-13-9-21(25)24-14-11-22(12-15-24)10-8-19-16-18(6-7-20(19)26-22)17-4-2-1-3-5-17/h1-8,10,16H,9,11-15H2. The first-order valence-corrected chi connectivity index (χ1v) is 10.2. The molecule has 1 spiro atoms. The Morgan fingerprint density at radius 3 is 2.58 bits per heavy atom. The lowest BCUT2D eigenvalue weighted by molar-refractivity contribution is -0.133. The lowest BCUT2D eigenvalue weighted by Gasteiger charge is -2.42. The number of rotatable bonds is 3. The predicted octanol–water partition coefficient (Wildman–Crippen LogP) is 4.91. The van der Waals surface area contributed by atoms with Gasteiger partial charge in [-0.1, -0.05) is 58.4 Å². The summed E-state index contributed by atoms with van der Waals surface area (Å²) in [6.45, 7) is 1.52. The van der Waals surface area contributed by atoms with Crippen molar-refractivity contribution in [1.29, 1.82) is 0 Å². The molecule has 1 amide bonds. The number of benzene rings is 2. The first kappa shape index (κ1) is 17.3. The average molecular weight is 412 g/mol. The molecule has 2 aliphatic heterocycles. The highest BCUT2D eigenvalue weighted by molar-refractivity contribution is 9.09. The average Bonchev–Trinajstić information content (AvgIpc) is 2.69. The summed E-state index contributed by atoms with van der Waals surface area (Å²) in [5, 5.41) is 0.723. The van der Waals surface area contributed by atoms with E-state index in [2.05, 4.69) is 70.5 Å². The van der Waals surface area contributed by atoms with E-state index in [9.17, 15) is 4.79 Å². The second-order valence-electron chi connectivity index (χ2n) is 6.94. The molecule has 3 nitrogen and oxygen atoms in total. The highest BCUT2D eigenvalue weighted by Crippen LogP contribution is 2.38. The van der Waals surface area contributed by atoms with E-state index in [1.807, 2.05) is 11.0 Å². The Balaban J connectivity index is 1.49. The Morgan fingerprint density at radius 2 is 1.85 bits per heavy atom. The molecule has 1 saturated heterocycles. The Morgan fingerprint density at radius 1 is 1.08 bits per heavy atom. The Bertz CT molecular complexity index is 823. The van der Waals surface area contributed by atoms with Crippen molar-refractivity contribution in [2.75, 3.05) is 18.4 Å². The number of amides is 1. The van der Waals surface area contributed by atoms with Crippen molar-refractivity contribution in [3.05, 3.63) is 60.2 Å². The molecular formula is C22H22BrNO2. The molecule has 134 valence electrons. The van der Waals surface area contributed by atoms with Gasteiger partial charge in [-0.3, -0.25) is 4.79 Å². The number of hydrogen-bond acceptors (Lipinski definition) is 2. The zero-order valence-electron chi connectivity index (χ0n) is 14.7. The highest BCUT2D eigenvalue weighted by Gasteiger charge is 2.37. The zero-order chi connectivity index (χ0) is 18.0. The quantitative estimate of drug-likeness (QED) is 0.671. The lowest BCUT2D eigenvalue weighted by atomic mass is 9.87. The summed E-state index contributed by atoms with van der Waals surface area (Å²) in [6, 6.07) is 16.8. The van der Waals surface area contributed by atoms with E-state index >= 15 is 0 Å². The predicted molar refractivity (Wildman–Crippen MR) is 108 cm³/mol. The molecule has 0 radical (unpaired) electrons. The van der Waals surface area contributed by atoms with Gasteiger partial charge in [0, 0.05) is 43.2 Å². The minimum absolute atomic E-state index is 0.226. The highest BCUT2D eigenvalue weighted by atomic mass is 79.9. The lowest BCUT2D eigenvalue weighted by Crippen LogP contribution is -2.49. The number of ether oxygens (including phenoxy) is 1. The van der Waals surface area contributed by atoms with Gasteiger partial charge >= 0.3 is 0 Å². The van der Waals surface area contributed by atoms with Gasteiger partial charge in [0.15, 0.2) is 0 Å². The summed E-state index contributed by atoms with van der Waals surface area (Å²) < 4.78 is 6.41. The number of likely N-dealkylation sites (tertiary alicyclic amines) is 1. The number of hydrogen-bond donors (Lipinski definition) is 0. The number of fused-ring (bicyclic) bond motifs is 1. The van der Waals surface area contributed by atoms with Crippen LogP contribution < -0.4 is 4.74 Å². The summed E-state index contributed by atoms with van der Waals surface area (Å²) in [7, 11) is 0. The molecule has 4 heteroatoms. The van der Waals surface area contributed by atoms with Gasteiger partial charge in [0.25, 0.3) is 0 Å². The van der Waals surface area contributed by atoms with Crippen molar-refractivity contribution in [3.8, 4) is 16.9 Å². The van der Waals surface area contributed by atoms with Gasteiger partial charge in [0.1, 0.15) is 11.4 Å². The number of alkyl halides is 1. The number of nitrogens with zero attached hydrogens (tertiary/aromatic N) is 1. The van der Waals surface area contributed by atoms with E-state index < -0.39 is 0 Å². The van der Waals surface area contributed by atoms with E-state index in [1.165, 1.54) is 11.1 Å². The molecule has 4 rings (SSSR count). The second kappa shape index (κ2) is 7.28. The number of piperidine rings is 1. The minimum Gasteiger partial charge on any atom is -0.482 e. The Labute approximate surface area is 162 Å². The number of carbonyl (C=O) groups is 1. The van der Waals surface area contributed by atoms with Crippen LogP contribution in [0.1, 0.15) is 24.8 Å². The van der Waals surface area contributed by atoms with E-state index in [1.54, 1.807) is 0 Å². The molecule has 1 fully saturated rings. The maximum atomic E-state index is 12.1. The molecule has 0 bridgehead atoms. The van der Waals surface area contributed by atoms with Crippen molar-refractivity contribution in [2.24, 2.45) is 0 Å². The first-order chi connectivity index (χ1) is 12.7.